The number of amides is 2. The van der Waals surface area contributed by atoms with E-state index in [9.17, 15) is 9.59 Å². The van der Waals surface area contributed by atoms with Gasteiger partial charge in [0.15, 0.2) is 5.82 Å². The highest BCUT2D eigenvalue weighted by molar-refractivity contribution is 5.88. The van der Waals surface area contributed by atoms with Crippen molar-refractivity contribution >= 4 is 17.8 Å². The summed E-state index contributed by atoms with van der Waals surface area (Å²) < 4.78 is 1.73. The van der Waals surface area contributed by atoms with Gasteiger partial charge in [-0.2, -0.15) is 5.10 Å². The molecule has 0 saturated carbocycles. The Morgan fingerprint density at radius 2 is 2.37 bits per heavy atom. The van der Waals surface area contributed by atoms with Crippen LogP contribution in [0.2, 0.25) is 0 Å². The van der Waals surface area contributed by atoms with Crippen LogP contribution in [0.15, 0.2) is 12.3 Å². The van der Waals surface area contributed by atoms with Crippen molar-refractivity contribution in [1.82, 2.24) is 14.7 Å². The van der Waals surface area contributed by atoms with Crippen molar-refractivity contribution in [3.8, 4) is 0 Å². The lowest BCUT2D eigenvalue weighted by atomic mass is 10.1. The van der Waals surface area contributed by atoms with Crippen molar-refractivity contribution < 1.29 is 14.7 Å². The first kappa shape index (κ1) is 13.4. The van der Waals surface area contributed by atoms with Crippen LogP contribution in [-0.4, -0.2) is 44.9 Å². The highest BCUT2D eigenvalue weighted by Crippen LogP contribution is 2.20. The molecule has 0 bridgehead atoms. The first-order chi connectivity index (χ1) is 9.08. The Morgan fingerprint density at radius 1 is 1.58 bits per heavy atom. The number of aliphatic carboxylic acids is 1. The number of carbonyl (C=O) groups excluding carboxylic acids is 1. The second-order valence-corrected chi connectivity index (χ2v) is 4.69. The number of rotatable bonds is 4. The molecule has 1 aromatic rings. The fourth-order valence-corrected chi connectivity index (χ4v) is 2.22. The molecule has 104 valence electrons. The molecule has 1 fully saturated rings. The van der Waals surface area contributed by atoms with Crippen LogP contribution in [-0.2, 0) is 11.3 Å². The SMILES string of the molecule is CCn1ccc(NC(=O)N2CCC(CC(=O)O)C2)n1. The maximum Gasteiger partial charge on any atom is 0.323 e. The number of aromatic nitrogens is 2. The molecule has 1 saturated heterocycles. The Balaban J connectivity index is 1.85. The third kappa shape index (κ3) is 3.46. The van der Waals surface area contributed by atoms with E-state index in [4.69, 9.17) is 5.11 Å². The van der Waals surface area contributed by atoms with Crippen LogP contribution in [0.3, 0.4) is 0 Å². The Labute approximate surface area is 111 Å². The fraction of sp³-hybridized carbons (Fsp3) is 0.583. The van der Waals surface area contributed by atoms with Gasteiger partial charge in [-0.05, 0) is 19.3 Å². The summed E-state index contributed by atoms with van der Waals surface area (Å²) in [6, 6.07) is 1.53. The van der Waals surface area contributed by atoms with Crippen molar-refractivity contribution in [1.29, 1.82) is 0 Å². The zero-order valence-corrected chi connectivity index (χ0v) is 10.9. The zero-order chi connectivity index (χ0) is 13.8. The summed E-state index contributed by atoms with van der Waals surface area (Å²) >= 11 is 0. The number of urea groups is 1. The average Bonchev–Trinajstić information content (AvgIpc) is 2.97. The van der Waals surface area contributed by atoms with E-state index >= 15 is 0 Å². The lowest BCUT2D eigenvalue weighted by molar-refractivity contribution is -0.138. The topological polar surface area (TPSA) is 87.5 Å². The molecule has 0 aliphatic carbocycles. The first-order valence-corrected chi connectivity index (χ1v) is 6.39. The first-order valence-electron chi connectivity index (χ1n) is 6.39. The Morgan fingerprint density at radius 3 is 3.00 bits per heavy atom. The number of carboxylic acid groups (broad SMARTS) is 1. The number of carboxylic acids is 1. The summed E-state index contributed by atoms with van der Waals surface area (Å²) in [4.78, 5) is 24.2. The lowest BCUT2D eigenvalue weighted by Crippen LogP contribution is -2.33. The Kier molecular flexibility index (Phi) is 4.03. The summed E-state index contributed by atoms with van der Waals surface area (Å²) in [5, 5.41) is 15.6. The summed E-state index contributed by atoms with van der Waals surface area (Å²) in [5.74, 6) is -0.237. The number of carbonyl (C=O) groups is 2. The molecule has 0 aromatic carbocycles. The van der Waals surface area contributed by atoms with Gasteiger partial charge in [-0.25, -0.2) is 4.79 Å². The lowest BCUT2D eigenvalue weighted by Gasteiger charge is -2.16. The maximum absolute atomic E-state index is 12.0. The van der Waals surface area contributed by atoms with Gasteiger partial charge < -0.3 is 10.0 Å². The van der Waals surface area contributed by atoms with Gasteiger partial charge in [0.25, 0.3) is 0 Å². The van der Waals surface area contributed by atoms with E-state index in [1.807, 2.05) is 6.92 Å². The van der Waals surface area contributed by atoms with Crippen LogP contribution < -0.4 is 5.32 Å². The van der Waals surface area contributed by atoms with E-state index in [0.29, 0.717) is 18.9 Å². The fourth-order valence-electron chi connectivity index (χ4n) is 2.22. The van der Waals surface area contributed by atoms with Gasteiger partial charge in [0.1, 0.15) is 0 Å². The molecule has 2 heterocycles. The van der Waals surface area contributed by atoms with Crippen molar-refractivity contribution in [2.24, 2.45) is 5.92 Å². The van der Waals surface area contributed by atoms with Gasteiger partial charge in [0.2, 0.25) is 0 Å². The number of hydrogen-bond acceptors (Lipinski definition) is 3. The minimum atomic E-state index is -0.811. The number of hydrogen-bond donors (Lipinski definition) is 2. The number of aryl methyl sites for hydroxylation is 1. The van der Waals surface area contributed by atoms with Gasteiger partial charge in [-0.3, -0.25) is 14.8 Å². The molecular weight excluding hydrogens is 248 g/mol. The molecule has 2 rings (SSSR count). The van der Waals surface area contributed by atoms with E-state index in [-0.39, 0.29) is 18.4 Å². The standard InChI is InChI=1S/C12H18N4O3/c1-2-16-6-4-10(14-16)13-12(19)15-5-3-9(8-15)7-11(17)18/h4,6,9H,2-3,5,7-8H2,1H3,(H,17,18)(H,13,14,19). The van der Waals surface area contributed by atoms with E-state index in [1.165, 1.54) is 0 Å². The van der Waals surface area contributed by atoms with Gasteiger partial charge in [-0.15, -0.1) is 0 Å². The maximum atomic E-state index is 12.0. The summed E-state index contributed by atoms with van der Waals surface area (Å²) in [6.07, 6.45) is 2.66. The van der Waals surface area contributed by atoms with Gasteiger partial charge in [-0.1, -0.05) is 0 Å². The quantitative estimate of drug-likeness (QED) is 0.858. The normalized spacial score (nSPS) is 18.6. The van der Waals surface area contributed by atoms with Crippen molar-refractivity contribution in [2.75, 3.05) is 18.4 Å². The van der Waals surface area contributed by atoms with Crippen LogP contribution in [0, 0.1) is 5.92 Å². The Hall–Kier alpha value is -2.05. The zero-order valence-electron chi connectivity index (χ0n) is 10.9. The van der Waals surface area contributed by atoms with Crippen LogP contribution in [0.25, 0.3) is 0 Å². The predicted molar refractivity (Wildman–Crippen MR) is 68.9 cm³/mol. The smallest absolute Gasteiger partial charge is 0.323 e. The second kappa shape index (κ2) is 5.73. The van der Waals surface area contributed by atoms with Crippen LogP contribution >= 0.6 is 0 Å². The summed E-state index contributed by atoms with van der Waals surface area (Å²) in [7, 11) is 0. The molecular formula is C12H18N4O3. The molecule has 1 aliphatic heterocycles. The molecule has 0 radical (unpaired) electrons. The number of nitrogens with zero attached hydrogens (tertiary/aromatic N) is 3. The monoisotopic (exact) mass is 266 g/mol. The highest BCUT2D eigenvalue weighted by Gasteiger charge is 2.27. The Bertz CT molecular complexity index is 471. The molecule has 2 amide bonds. The highest BCUT2D eigenvalue weighted by atomic mass is 16.4. The largest absolute Gasteiger partial charge is 0.481 e. The van der Waals surface area contributed by atoms with E-state index in [1.54, 1.807) is 21.8 Å². The molecule has 2 N–H and O–H groups in total. The van der Waals surface area contributed by atoms with Gasteiger partial charge >= 0.3 is 12.0 Å². The summed E-state index contributed by atoms with van der Waals surface area (Å²) in [6.45, 7) is 3.81. The van der Waals surface area contributed by atoms with Crippen LogP contribution in [0.1, 0.15) is 19.8 Å². The van der Waals surface area contributed by atoms with E-state index in [2.05, 4.69) is 10.4 Å². The number of anilines is 1. The molecule has 7 heteroatoms. The van der Waals surface area contributed by atoms with Crippen LogP contribution in [0.4, 0.5) is 10.6 Å². The minimum absolute atomic E-state index is 0.0523. The molecule has 1 atom stereocenters. The van der Waals surface area contributed by atoms with E-state index < -0.39 is 5.97 Å². The molecule has 1 aromatic heterocycles. The third-order valence-electron chi connectivity index (χ3n) is 3.24. The van der Waals surface area contributed by atoms with Crippen molar-refractivity contribution in [3.63, 3.8) is 0 Å². The third-order valence-corrected chi connectivity index (χ3v) is 3.24. The van der Waals surface area contributed by atoms with E-state index in [0.717, 1.165) is 13.0 Å². The van der Waals surface area contributed by atoms with Crippen LogP contribution in [0.5, 0.6) is 0 Å². The van der Waals surface area contributed by atoms with Gasteiger partial charge in [0, 0.05) is 38.3 Å². The average molecular weight is 266 g/mol. The summed E-state index contributed by atoms with van der Waals surface area (Å²) in [5.41, 5.74) is 0. The molecule has 7 nitrogen and oxygen atoms in total. The number of nitrogens with one attached hydrogen (secondary N) is 1. The van der Waals surface area contributed by atoms with Crippen molar-refractivity contribution in [2.45, 2.75) is 26.3 Å². The van der Waals surface area contributed by atoms with Crippen molar-refractivity contribution in [3.05, 3.63) is 12.3 Å². The molecule has 19 heavy (non-hydrogen) atoms. The van der Waals surface area contributed by atoms with Gasteiger partial charge in [0.05, 0.1) is 0 Å². The minimum Gasteiger partial charge on any atom is -0.481 e. The second-order valence-electron chi connectivity index (χ2n) is 4.69. The molecule has 0 spiro atoms. The molecule has 1 aliphatic rings. The number of likely N-dealkylation sites (tertiary alicyclic amines) is 1. The predicted octanol–water partition coefficient (Wildman–Crippen LogP) is 1.23. The molecule has 1 unspecified atom stereocenters.